The first-order valence-electron chi connectivity index (χ1n) is 5.82. The maximum absolute atomic E-state index is 5.98. The lowest BCUT2D eigenvalue weighted by atomic mass is 10.2. The average molecular weight is 322 g/mol. The number of aryl methyl sites for hydroxylation is 1. The summed E-state index contributed by atoms with van der Waals surface area (Å²) in [6, 6.07) is 14.7. The van der Waals surface area contributed by atoms with Gasteiger partial charge in [0.1, 0.15) is 0 Å². The minimum atomic E-state index is 0.862. The van der Waals surface area contributed by atoms with Crippen LogP contribution in [0.25, 0.3) is 0 Å². The van der Waals surface area contributed by atoms with Crippen molar-refractivity contribution in [3.63, 3.8) is 0 Å². The van der Waals surface area contributed by atoms with Crippen molar-refractivity contribution in [2.24, 2.45) is 0 Å². The molecule has 3 heteroatoms. The highest BCUT2D eigenvalue weighted by molar-refractivity contribution is 9.10. The molecule has 0 aliphatic carbocycles. The lowest BCUT2D eigenvalue weighted by molar-refractivity contribution is 1.33. The fraction of sp³-hybridized carbons (Fsp3) is 0.200. The Balaban J connectivity index is 1.92. The second-order valence-electron chi connectivity index (χ2n) is 4.32. The Morgan fingerprint density at radius 3 is 2.67 bits per heavy atom. The molecule has 0 aliphatic heterocycles. The second kappa shape index (κ2) is 6.30. The summed E-state index contributed by atoms with van der Waals surface area (Å²) in [5, 5.41) is 0. The molecular weight excluding hydrogens is 306 g/mol. The number of nitrogen functional groups attached to an aromatic ring is 1. The molecule has 2 aromatic rings. The Bertz CT molecular complexity index is 540. The molecule has 2 N–H and O–H groups in total. The van der Waals surface area contributed by atoms with Crippen LogP contribution in [0.3, 0.4) is 0 Å². The number of halogens is 1. The predicted octanol–water partition coefficient (Wildman–Crippen LogP) is 4.77. The lowest BCUT2D eigenvalue weighted by Gasteiger charge is -2.06. The molecule has 2 aromatic carbocycles. The summed E-state index contributed by atoms with van der Waals surface area (Å²) in [4.78, 5) is 0. The van der Waals surface area contributed by atoms with Crippen molar-refractivity contribution in [2.75, 3.05) is 5.73 Å². The normalized spacial score (nSPS) is 10.6. The van der Waals surface area contributed by atoms with E-state index < -0.39 is 0 Å². The molecule has 0 atom stereocenters. The van der Waals surface area contributed by atoms with E-state index in [4.69, 9.17) is 5.73 Å². The molecule has 18 heavy (non-hydrogen) atoms. The van der Waals surface area contributed by atoms with Gasteiger partial charge in [-0.05, 0) is 30.2 Å². The first kappa shape index (κ1) is 13.5. The van der Waals surface area contributed by atoms with Gasteiger partial charge in [0, 0.05) is 21.7 Å². The van der Waals surface area contributed by atoms with Crippen molar-refractivity contribution in [1.29, 1.82) is 0 Å². The molecule has 0 saturated carbocycles. The standard InChI is InChI=1S/C15H16BrNS/c1-11-3-2-4-12(7-11)9-18-10-13-5-6-14(16)8-15(13)17/h2-8H,9-10,17H2,1H3. The Labute approximate surface area is 121 Å². The van der Waals surface area contributed by atoms with Crippen LogP contribution in [0.5, 0.6) is 0 Å². The summed E-state index contributed by atoms with van der Waals surface area (Å²) in [6.45, 7) is 2.13. The van der Waals surface area contributed by atoms with E-state index in [0.29, 0.717) is 0 Å². The number of thioether (sulfide) groups is 1. The molecular formula is C15H16BrNS. The van der Waals surface area contributed by atoms with Gasteiger partial charge in [0.2, 0.25) is 0 Å². The molecule has 2 rings (SSSR count). The minimum Gasteiger partial charge on any atom is -0.398 e. The van der Waals surface area contributed by atoms with Crippen molar-refractivity contribution >= 4 is 33.4 Å². The quantitative estimate of drug-likeness (QED) is 0.820. The molecule has 0 fully saturated rings. The van der Waals surface area contributed by atoms with Gasteiger partial charge in [-0.25, -0.2) is 0 Å². The van der Waals surface area contributed by atoms with Crippen molar-refractivity contribution in [3.8, 4) is 0 Å². The summed E-state index contributed by atoms with van der Waals surface area (Å²) in [5.41, 5.74) is 10.7. The molecule has 94 valence electrons. The highest BCUT2D eigenvalue weighted by Gasteiger charge is 2.01. The molecule has 0 saturated heterocycles. The smallest absolute Gasteiger partial charge is 0.0366 e. The molecule has 0 aliphatic rings. The van der Waals surface area contributed by atoms with Gasteiger partial charge in [-0.15, -0.1) is 0 Å². The van der Waals surface area contributed by atoms with E-state index in [1.807, 2.05) is 23.9 Å². The highest BCUT2D eigenvalue weighted by Crippen LogP contribution is 2.24. The van der Waals surface area contributed by atoms with Gasteiger partial charge in [0.25, 0.3) is 0 Å². The first-order valence-corrected chi connectivity index (χ1v) is 7.77. The van der Waals surface area contributed by atoms with Gasteiger partial charge < -0.3 is 5.73 Å². The van der Waals surface area contributed by atoms with E-state index in [1.54, 1.807) is 0 Å². The number of hydrogen-bond acceptors (Lipinski definition) is 2. The zero-order valence-corrected chi connectivity index (χ0v) is 12.7. The van der Waals surface area contributed by atoms with Gasteiger partial charge in [-0.1, -0.05) is 51.8 Å². The topological polar surface area (TPSA) is 26.0 Å². The number of hydrogen-bond donors (Lipinski definition) is 1. The van der Waals surface area contributed by atoms with Crippen LogP contribution in [-0.4, -0.2) is 0 Å². The highest BCUT2D eigenvalue weighted by atomic mass is 79.9. The van der Waals surface area contributed by atoms with E-state index in [9.17, 15) is 0 Å². The summed E-state index contributed by atoms with van der Waals surface area (Å²) in [5.74, 6) is 1.98. The van der Waals surface area contributed by atoms with Gasteiger partial charge in [-0.3, -0.25) is 0 Å². The molecule has 0 radical (unpaired) electrons. The van der Waals surface area contributed by atoms with Crippen LogP contribution in [-0.2, 0) is 11.5 Å². The van der Waals surface area contributed by atoms with Crippen LogP contribution in [0.1, 0.15) is 16.7 Å². The van der Waals surface area contributed by atoms with E-state index in [0.717, 1.165) is 21.7 Å². The third kappa shape index (κ3) is 3.79. The van der Waals surface area contributed by atoms with Crippen LogP contribution in [0.2, 0.25) is 0 Å². The van der Waals surface area contributed by atoms with Crippen LogP contribution < -0.4 is 5.73 Å². The monoisotopic (exact) mass is 321 g/mol. The molecule has 0 heterocycles. The fourth-order valence-electron chi connectivity index (χ4n) is 1.78. The summed E-state index contributed by atoms with van der Waals surface area (Å²) in [6.07, 6.45) is 0. The van der Waals surface area contributed by atoms with E-state index in [1.165, 1.54) is 16.7 Å². The Kier molecular flexibility index (Phi) is 4.72. The third-order valence-electron chi connectivity index (χ3n) is 2.72. The number of nitrogens with two attached hydrogens (primary N) is 1. The van der Waals surface area contributed by atoms with Gasteiger partial charge >= 0.3 is 0 Å². The van der Waals surface area contributed by atoms with Crippen LogP contribution in [0, 0.1) is 6.92 Å². The number of rotatable bonds is 4. The minimum absolute atomic E-state index is 0.862. The van der Waals surface area contributed by atoms with E-state index in [-0.39, 0.29) is 0 Å². The van der Waals surface area contributed by atoms with Crippen molar-refractivity contribution in [1.82, 2.24) is 0 Å². The molecule has 0 unspecified atom stereocenters. The third-order valence-corrected chi connectivity index (χ3v) is 4.26. The first-order chi connectivity index (χ1) is 8.65. The lowest BCUT2D eigenvalue weighted by Crippen LogP contribution is -1.92. The van der Waals surface area contributed by atoms with Crippen LogP contribution in [0.15, 0.2) is 46.9 Å². The predicted molar refractivity (Wildman–Crippen MR) is 84.7 cm³/mol. The maximum atomic E-state index is 5.98. The summed E-state index contributed by atoms with van der Waals surface area (Å²) < 4.78 is 1.03. The molecule has 1 nitrogen and oxygen atoms in total. The van der Waals surface area contributed by atoms with Crippen LogP contribution in [0.4, 0.5) is 5.69 Å². The Hall–Kier alpha value is -0.930. The van der Waals surface area contributed by atoms with E-state index >= 15 is 0 Å². The molecule has 0 amide bonds. The Morgan fingerprint density at radius 1 is 1.11 bits per heavy atom. The van der Waals surface area contributed by atoms with Crippen molar-refractivity contribution < 1.29 is 0 Å². The van der Waals surface area contributed by atoms with Crippen molar-refractivity contribution in [2.45, 2.75) is 18.4 Å². The molecule has 0 spiro atoms. The Morgan fingerprint density at radius 2 is 1.94 bits per heavy atom. The second-order valence-corrected chi connectivity index (χ2v) is 6.23. The zero-order valence-electron chi connectivity index (χ0n) is 10.3. The maximum Gasteiger partial charge on any atom is 0.0366 e. The molecule has 0 aromatic heterocycles. The van der Waals surface area contributed by atoms with Gasteiger partial charge in [0.05, 0.1) is 0 Å². The molecule has 0 bridgehead atoms. The number of anilines is 1. The SMILES string of the molecule is Cc1cccc(CSCc2ccc(Br)cc2N)c1. The number of benzene rings is 2. The van der Waals surface area contributed by atoms with Gasteiger partial charge in [-0.2, -0.15) is 11.8 Å². The average Bonchev–Trinajstić information content (AvgIpc) is 2.32. The van der Waals surface area contributed by atoms with E-state index in [2.05, 4.69) is 53.2 Å². The largest absolute Gasteiger partial charge is 0.398 e. The summed E-state index contributed by atoms with van der Waals surface area (Å²) in [7, 11) is 0. The van der Waals surface area contributed by atoms with Crippen LogP contribution >= 0.6 is 27.7 Å². The van der Waals surface area contributed by atoms with Gasteiger partial charge in [0.15, 0.2) is 0 Å². The zero-order chi connectivity index (χ0) is 13.0. The fourth-order valence-corrected chi connectivity index (χ4v) is 3.16. The van der Waals surface area contributed by atoms with Crippen molar-refractivity contribution in [3.05, 3.63) is 63.6 Å². The summed E-state index contributed by atoms with van der Waals surface area (Å²) >= 11 is 5.32.